The van der Waals surface area contributed by atoms with Gasteiger partial charge in [-0.25, -0.2) is 0 Å². The Labute approximate surface area is 403 Å². The van der Waals surface area contributed by atoms with Crippen molar-refractivity contribution >= 4 is 0 Å². The predicted octanol–water partition coefficient (Wildman–Crippen LogP) is 4.52. The first-order chi connectivity index (χ1) is 32.6. The maximum atomic E-state index is 14.1. The van der Waals surface area contributed by atoms with Gasteiger partial charge in [-0.1, -0.05) is 66.7 Å². The van der Waals surface area contributed by atoms with Crippen LogP contribution in [0.15, 0.2) is 0 Å². The van der Waals surface area contributed by atoms with Crippen LogP contribution in [0.2, 0.25) is 0 Å². The van der Waals surface area contributed by atoms with Crippen LogP contribution >= 0.6 is 0 Å². The van der Waals surface area contributed by atoms with E-state index in [2.05, 4.69) is 0 Å². The van der Waals surface area contributed by atoms with Gasteiger partial charge in [0.25, 0.3) is 0 Å². The molecule has 19 nitrogen and oxygen atoms in total. The van der Waals surface area contributed by atoms with Crippen molar-refractivity contribution in [3.05, 3.63) is 0 Å². The molecule has 19 heteroatoms. The summed E-state index contributed by atoms with van der Waals surface area (Å²) >= 11 is 0. The van der Waals surface area contributed by atoms with Crippen LogP contribution < -0.4 is 0 Å². The van der Waals surface area contributed by atoms with E-state index in [-0.39, 0.29) is 66.1 Å². The van der Waals surface area contributed by atoms with E-state index in [1.165, 1.54) is 0 Å². The number of unbranched alkanes of at least 4 members (excludes halogenated alkanes) is 5. The topological polar surface area (TPSA) is 230 Å². The van der Waals surface area contributed by atoms with E-state index >= 15 is 0 Å². The van der Waals surface area contributed by atoms with Crippen LogP contribution in [0.5, 0.6) is 0 Å². The quantitative estimate of drug-likeness (QED) is 0.0417. The summed E-state index contributed by atoms with van der Waals surface area (Å²) in [5, 5.41) is 60.3. The minimum absolute atomic E-state index is 0.0256. The molecule has 0 aliphatic heterocycles. The van der Waals surface area contributed by atoms with Gasteiger partial charge in [0, 0.05) is 59.5 Å². The molecule has 5 N–H and O–H groups in total. The molecule has 8 unspecified atom stereocenters. The number of hydrogen-bond acceptors (Lipinski definition) is 19. The van der Waals surface area contributed by atoms with E-state index in [1.54, 1.807) is 27.7 Å². The second-order valence-electron chi connectivity index (χ2n) is 15.9. The zero-order valence-electron chi connectivity index (χ0n) is 43.1. The fourth-order valence-electron chi connectivity index (χ4n) is 7.15. The third kappa shape index (κ3) is 25.5. The Morgan fingerprint density at radius 2 is 0.612 bits per heavy atom. The summed E-state index contributed by atoms with van der Waals surface area (Å²) in [5.74, 6) is 0. The van der Waals surface area contributed by atoms with Crippen molar-refractivity contribution in [2.45, 2.75) is 187 Å². The number of aliphatic hydroxyl groups excluding tert-OH is 4. The minimum Gasteiger partial charge on any atom is -0.394 e. The largest absolute Gasteiger partial charge is 0.394 e. The second kappa shape index (κ2) is 44.0. The minimum atomic E-state index is -2.82. The Morgan fingerprint density at radius 1 is 0.328 bits per heavy atom. The second-order valence-corrected chi connectivity index (χ2v) is 15.9. The molecule has 0 saturated heterocycles. The molecule has 0 aromatic rings. The van der Waals surface area contributed by atoms with Crippen molar-refractivity contribution in [1.82, 2.24) is 0 Å². The highest BCUT2D eigenvalue weighted by molar-refractivity contribution is 5.18. The van der Waals surface area contributed by atoms with Crippen LogP contribution in [0.4, 0.5) is 0 Å². The summed E-state index contributed by atoms with van der Waals surface area (Å²) in [5.41, 5.74) is -5.35. The Hall–Kier alpha value is -0.760. The molecule has 0 aromatic carbocycles. The van der Waals surface area contributed by atoms with E-state index in [0.717, 1.165) is 64.2 Å². The fraction of sp³-hybridized carbons (Fsp3) is 1.00. The van der Waals surface area contributed by atoms with Crippen LogP contribution in [-0.2, 0) is 66.3 Å². The third-order valence-electron chi connectivity index (χ3n) is 10.8. The molecular weight excluding hydrogens is 881 g/mol. The fourth-order valence-corrected chi connectivity index (χ4v) is 7.15. The van der Waals surface area contributed by atoms with Gasteiger partial charge in [-0.2, -0.15) is 0 Å². The number of ether oxygens (including phenoxy) is 14. The van der Waals surface area contributed by atoms with E-state index in [4.69, 9.17) is 66.3 Å². The SMILES string of the molecule is CCCCOCCOC(C(CO)OCC(OCC)OCCCC)(C(CO)OCC(OCC)OCCCC)C(O)(C(CO)OCC(OCC)OCCCC)C(CO)OCC(OCC)OCCCC. The summed E-state index contributed by atoms with van der Waals surface area (Å²) < 4.78 is 86.4. The zero-order valence-corrected chi connectivity index (χ0v) is 43.1. The first kappa shape index (κ1) is 66.2. The lowest BCUT2D eigenvalue weighted by atomic mass is 9.67. The highest BCUT2D eigenvalue weighted by atomic mass is 16.7. The standard InChI is InChI=1S/C48H98O19/c1-10-19-24-54-29-30-67-48(41(33-51)65-37-45(57-17-8)61-27-22-13-4,42(34-52)66-38-46(58-18-9)62-28-23-14-5)47(53,39(31-49)63-35-43(55-15-6)59-25-20-11-2)40(32-50)64-36-44(56-16-7)60-26-21-12-3/h39-46,49-53H,10-38H2,1-9H3. The molecule has 0 radical (unpaired) electrons. The number of aliphatic hydroxyl groups is 5. The van der Waals surface area contributed by atoms with E-state index in [9.17, 15) is 25.5 Å². The first-order valence-electron chi connectivity index (χ1n) is 25.4. The number of rotatable bonds is 52. The molecule has 67 heavy (non-hydrogen) atoms. The molecule has 0 aliphatic carbocycles. The third-order valence-corrected chi connectivity index (χ3v) is 10.8. The Balaban J connectivity index is 8.37. The molecule has 0 aromatic heterocycles. The molecular formula is C48H98O19. The van der Waals surface area contributed by atoms with Gasteiger partial charge in [0.15, 0.2) is 36.4 Å². The van der Waals surface area contributed by atoms with Crippen molar-refractivity contribution in [2.75, 3.05) is 126 Å². The Bertz CT molecular complexity index is 986. The molecule has 0 bridgehead atoms. The summed E-state index contributed by atoms with van der Waals surface area (Å²) in [6.45, 7) is 14.9. The lowest BCUT2D eigenvalue weighted by molar-refractivity contribution is -0.360. The van der Waals surface area contributed by atoms with Crippen LogP contribution in [0.3, 0.4) is 0 Å². The van der Waals surface area contributed by atoms with Crippen molar-refractivity contribution in [3.8, 4) is 0 Å². The predicted molar refractivity (Wildman–Crippen MR) is 252 cm³/mol. The smallest absolute Gasteiger partial charge is 0.180 e. The molecule has 0 spiro atoms. The highest BCUT2D eigenvalue weighted by Crippen LogP contribution is 2.44. The van der Waals surface area contributed by atoms with Gasteiger partial charge in [-0.3, -0.25) is 0 Å². The summed E-state index contributed by atoms with van der Waals surface area (Å²) in [6.07, 6.45) is -2.66. The maximum absolute atomic E-state index is 14.1. The van der Waals surface area contributed by atoms with Gasteiger partial charge in [0.2, 0.25) is 0 Å². The average molecular weight is 979 g/mol. The zero-order chi connectivity index (χ0) is 50.0. The van der Waals surface area contributed by atoms with Gasteiger partial charge in [0.05, 0.1) is 66.1 Å². The van der Waals surface area contributed by atoms with E-state index in [0.29, 0.717) is 33.0 Å². The Morgan fingerprint density at radius 3 is 0.881 bits per heavy atom. The maximum Gasteiger partial charge on any atom is 0.180 e. The summed E-state index contributed by atoms with van der Waals surface area (Å²) in [7, 11) is 0. The van der Waals surface area contributed by atoms with Gasteiger partial charge >= 0.3 is 0 Å². The summed E-state index contributed by atoms with van der Waals surface area (Å²) in [4.78, 5) is 0. The molecule has 404 valence electrons. The van der Waals surface area contributed by atoms with Crippen LogP contribution in [0.25, 0.3) is 0 Å². The van der Waals surface area contributed by atoms with E-state index < -0.39 is 87.2 Å². The molecule has 8 atom stereocenters. The molecule has 0 saturated carbocycles. The molecule has 0 aliphatic rings. The molecule has 0 fully saturated rings. The van der Waals surface area contributed by atoms with Crippen molar-refractivity contribution < 1.29 is 91.8 Å². The van der Waals surface area contributed by atoms with Crippen molar-refractivity contribution in [2.24, 2.45) is 0 Å². The molecule has 0 heterocycles. The van der Waals surface area contributed by atoms with Gasteiger partial charge in [0.1, 0.15) is 24.4 Å². The first-order valence-corrected chi connectivity index (χ1v) is 25.4. The van der Waals surface area contributed by atoms with Gasteiger partial charge in [-0.15, -0.1) is 0 Å². The lowest BCUT2D eigenvalue weighted by Gasteiger charge is -2.57. The van der Waals surface area contributed by atoms with Gasteiger partial charge < -0.3 is 91.8 Å². The monoisotopic (exact) mass is 979 g/mol. The highest BCUT2D eigenvalue weighted by Gasteiger charge is 2.69. The number of hydrogen-bond donors (Lipinski definition) is 5. The Kier molecular flexibility index (Phi) is 43.5. The van der Waals surface area contributed by atoms with Crippen LogP contribution in [0.1, 0.15) is 127 Å². The van der Waals surface area contributed by atoms with Crippen LogP contribution in [0, 0.1) is 0 Å². The van der Waals surface area contributed by atoms with Crippen molar-refractivity contribution in [1.29, 1.82) is 0 Å². The van der Waals surface area contributed by atoms with Crippen LogP contribution in [-0.4, -0.2) is 212 Å². The molecule has 0 rings (SSSR count). The van der Waals surface area contributed by atoms with Gasteiger partial charge in [-0.05, 0) is 59.8 Å². The lowest BCUT2D eigenvalue weighted by Crippen LogP contribution is -2.80. The normalized spacial score (nSPS) is 17.6. The molecule has 0 amide bonds. The van der Waals surface area contributed by atoms with Crippen molar-refractivity contribution in [3.63, 3.8) is 0 Å². The summed E-state index contributed by atoms with van der Waals surface area (Å²) in [6, 6.07) is 0. The average Bonchev–Trinajstić information content (AvgIpc) is 3.32. The van der Waals surface area contributed by atoms with E-state index in [1.807, 2.05) is 34.6 Å².